The number of hydrogen-bond acceptors (Lipinski definition) is 2. The Bertz CT molecular complexity index is 239. The number of hydrogen-bond donors (Lipinski definition) is 0. The number of alkyl halides is 4. The van der Waals surface area contributed by atoms with Gasteiger partial charge in [0, 0.05) is 5.54 Å². The molecule has 0 amide bonds. The topological polar surface area (TPSA) is 12.5 Å². The van der Waals surface area contributed by atoms with Crippen LogP contribution in [-0.2, 0) is 4.74 Å². The Balaban J connectivity index is 2.81. The van der Waals surface area contributed by atoms with E-state index < -0.39 is 30.8 Å². The molecule has 6 heteroatoms. The van der Waals surface area contributed by atoms with Gasteiger partial charge in [0.05, 0.1) is 13.1 Å². The van der Waals surface area contributed by atoms with Crippen molar-refractivity contribution >= 4 is 0 Å². The van der Waals surface area contributed by atoms with Gasteiger partial charge in [-0.1, -0.05) is 13.3 Å². The second-order valence-electron chi connectivity index (χ2n) is 4.80. The van der Waals surface area contributed by atoms with Crippen LogP contribution in [0.1, 0.15) is 33.6 Å². The SMILES string of the molecule is CCCC(C)(C)N1CC(F)(F)OC(F)(F)C1. The highest BCUT2D eigenvalue weighted by Gasteiger charge is 2.53. The third-order valence-electron chi connectivity index (χ3n) is 2.77. The van der Waals surface area contributed by atoms with E-state index in [9.17, 15) is 17.6 Å². The molecule has 0 radical (unpaired) electrons. The molecule has 0 atom stereocenters. The van der Waals surface area contributed by atoms with Crippen LogP contribution in [0.3, 0.4) is 0 Å². The van der Waals surface area contributed by atoms with Gasteiger partial charge in [0.1, 0.15) is 0 Å². The zero-order chi connectivity index (χ0) is 12.6. The van der Waals surface area contributed by atoms with E-state index in [1.165, 1.54) is 0 Å². The Morgan fingerprint density at radius 3 is 1.94 bits per heavy atom. The van der Waals surface area contributed by atoms with Crippen LogP contribution in [-0.4, -0.2) is 35.7 Å². The Morgan fingerprint density at radius 1 is 1.12 bits per heavy atom. The van der Waals surface area contributed by atoms with Gasteiger partial charge in [-0.25, -0.2) is 0 Å². The van der Waals surface area contributed by atoms with E-state index in [1.54, 1.807) is 13.8 Å². The van der Waals surface area contributed by atoms with Gasteiger partial charge in [-0.05, 0) is 20.3 Å². The molecule has 0 N–H and O–H groups in total. The molecule has 0 spiro atoms. The normalized spacial score (nSPS) is 25.7. The summed E-state index contributed by atoms with van der Waals surface area (Å²) in [6, 6.07) is 0. The first-order valence-electron chi connectivity index (χ1n) is 5.29. The fraction of sp³-hybridized carbons (Fsp3) is 1.00. The average Bonchev–Trinajstić information content (AvgIpc) is 1.97. The van der Waals surface area contributed by atoms with Crippen molar-refractivity contribution in [2.24, 2.45) is 0 Å². The summed E-state index contributed by atoms with van der Waals surface area (Å²) >= 11 is 0. The fourth-order valence-corrected chi connectivity index (χ4v) is 1.98. The third-order valence-corrected chi connectivity index (χ3v) is 2.77. The van der Waals surface area contributed by atoms with Gasteiger partial charge in [-0.3, -0.25) is 9.64 Å². The van der Waals surface area contributed by atoms with E-state index in [-0.39, 0.29) is 0 Å². The van der Waals surface area contributed by atoms with Crippen molar-refractivity contribution < 1.29 is 22.3 Å². The van der Waals surface area contributed by atoms with Crippen LogP contribution in [0.5, 0.6) is 0 Å². The first-order valence-corrected chi connectivity index (χ1v) is 5.29. The predicted molar refractivity (Wildman–Crippen MR) is 51.5 cm³/mol. The minimum atomic E-state index is -3.78. The van der Waals surface area contributed by atoms with E-state index in [4.69, 9.17) is 0 Å². The Hall–Kier alpha value is -0.360. The summed E-state index contributed by atoms with van der Waals surface area (Å²) < 4.78 is 55.4. The van der Waals surface area contributed by atoms with E-state index in [0.29, 0.717) is 6.42 Å². The molecule has 0 aromatic heterocycles. The van der Waals surface area contributed by atoms with E-state index in [0.717, 1.165) is 11.3 Å². The lowest BCUT2D eigenvalue weighted by atomic mass is 9.95. The van der Waals surface area contributed by atoms with Crippen molar-refractivity contribution in [1.29, 1.82) is 0 Å². The highest BCUT2D eigenvalue weighted by atomic mass is 19.3. The zero-order valence-corrected chi connectivity index (χ0v) is 9.70. The molecular formula is C10H17F4NO. The van der Waals surface area contributed by atoms with Gasteiger partial charge in [-0.2, -0.15) is 17.6 Å². The molecule has 0 aromatic rings. The van der Waals surface area contributed by atoms with Crippen LogP contribution in [0, 0.1) is 0 Å². The molecule has 1 saturated heterocycles. The second kappa shape index (κ2) is 4.14. The minimum Gasteiger partial charge on any atom is -0.282 e. The smallest absolute Gasteiger partial charge is 0.282 e. The Labute approximate surface area is 92.6 Å². The molecule has 2 nitrogen and oxygen atoms in total. The summed E-state index contributed by atoms with van der Waals surface area (Å²) in [5, 5.41) is 0. The maximum Gasteiger partial charge on any atom is 0.372 e. The van der Waals surface area contributed by atoms with Gasteiger partial charge in [-0.15, -0.1) is 0 Å². The van der Waals surface area contributed by atoms with Crippen LogP contribution >= 0.6 is 0 Å². The van der Waals surface area contributed by atoms with Crippen LogP contribution in [0.15, 0.2) is 0 Å². The molecule has 0 aliphatic carbocycles. The molecule has 1 heterocycles. The Kier molecular flexibility index (Phi) is 3.55. The highest BCUT2D eigenvalue weighted by molar-refractivity contribution is 4.88. The molecule has 16 heavy (non-hydrogen) atoms. The van der Waals surface area contributed by atoms with Gasteiger partial charge in [0.15, 0.2) is 0 Å². The van der Waals surface area contributed by atoms with Gasteiger partial charge < -0.3 is 0 Å². The molecule has 0 unspecified atom stereocenters. The molecular weight excluding hydrogens is 226 g/mol. The molecule has 0 aromatic carbocycles. The number of nitrogens with zero attached hydrogens (tertiary/aromatic N) is 1. The second-order valence-corrected chi connectivity index (χ2v) is 4.80. The van der Waals surface area contributed by atoms with Gasteiger partial charge in [0.2, 0.25) is 0 Å². The monoisotopic (exact) mass is 243 g/mol. The molecule has 1 rings (SSSR count). The van der Waals surface area contributed by atoms with Gasteiger partial charge in [0.25, 0.3) is 0 Å². The van der Waals surface area contributed by atoms with Crippen molar-refractivity contribution in [1.82, 2.24) is 4.90 Å². The average molecular weight is 243 g/mol. The number of rotatable bonds is 3. The van der Waals surface area contributed by atoms with Crippen LogP contribution in [0.2, 0.25) is 0 Å². The van der Waals surface area contributed by atoms with E-state index in [2.05, 4.69) is 4.74 Å². The maximum absolute atomic E-state index is 13.0. The van der Waals surface area contributed by atoms with Crippen molar-refractivity contribution in [3.05, 3.63) is 0 Å². The molecule has 0 bridgehead atoms. The summed E-state index contributed by atoms with van der Waals surface area (Å²) in [7, 11) is 0. The lowest BCUT2D eigenvalue weighted by molar-refractivity contribution is -0.410. The molecule has 1 fully saturated rings. The highest BCUT2D eigenvalue weighted by Crippen LogP contribution is 2.37. The van der Waals surface area contributed by atoms with Crippen molar-refractivity contribution in [3.8, 4) is 0 Å². The van der Waals surface area contributed by atoms with Crippen molar-refractivity contribution in [2.75, 3.05) is 13.1 Å². The molecule has 0 saturated carbocycles. The third kappa shape index (κ3) is 3.31. The lowest BCUT2D eigenvalue weighted by Crippen LogP contribution is -2.60. The number of halogens is 4. The van der Waals surface area contributed by atoms with Gasteiger partial charge >= 0.3 is 12.2 Å². The summed E-state index contributed by atoms with van der Waals surface area (Å²) in [6.45, 7) is 3.70. The molecule has 96 valence electrons. The van der Waals surface area contributed by atoms with Crippen molar-refractivity contribution in [3.63, 3.8) is 0 Å². The largest absolute Gasteiger partial charge is 0.372 e. The van der Waals surface area contributed by atoms with E-state index >= 15 is 0 Å². The lowest BCUT2D eigenvalue weighted by Gasteiger charge is -2.45. The van der Waals surface area contributed by atoms with Crippen LogP contribution < -0.4 is 0 Å². The van der Waals surface area contributed by atoms with E-state index in [1.807, 2.05) is 6.92 Å². The predicted octanol–water partition coefficient (Wildman–Crippen LogP) is 3.08. The number of morpholine rings is 1. The first kappa shape index (κ1) is 13.7. The number of ether oxygens (including phenoxy) is 1. The minimum absolute atomic E-state index is 0.582. The first-order chi connectivity index (χ1) is 7.08. The summed E-state index contributed by atoms with van der Waals surface area (Å²) in [5.74, 6) is 0. The summed E-state index contributed by atoms with van der Waals surface area (Å²) in [5.41, 5.74) is -0.675. The fourth-order valence-electron chi connectivity index (χ4n) is 1.98. The summed E-state index contributed by atoms with van der Waals surface area (Å²) in [4.78, 5) is 1.10. The van der Waals surface area contributed by atoms with Crippen LogP contribution in [0.4, 0.5) is 17.6 Å². The molecule has 1 aliphatic heterocycles. The quantitative estimate of drug-likeness (QED) is 0.706. The zero-order valence-electron chi connectivity index (χ0n) is 9.70. The van der Waals surface area contributed by atoms with Crippen molar-refractivity contribution in [2.45, 2.75) is 51.4 Å². The maximum atomic E-state index is 13.0. The summed E-state index contributed by atoms with van der Waals surface area (Å²) in [6.07, 6.45) is -6.24. The standard InChI is InChI=1S/C10H17F4NO/c1-4-5-8(2,3)15-6-9(11,12)16-10(13,14)7-15/h4-7H2,1-3H3. The van der Waals surface area contributed by atoms with Crippen LogP contribution in [0.25, 0.3) is 0 Å². The Morgan fingerprint density at radius 2 is 1.56 bits per heavy atom. The molecule has 1 aliphatic rings.